The van der Waals surface area contributed by atoms with Gasteiger partial charge in [0.25, 0.3) is 0 Å². The van der Waals surface area contributed by atoms with Gasteiger partial charge in [-0.05, 0) is 61.5 Å². The second-order valence-electron chi connectivity index (χ2n) is 5.46. The van der Waals surface area contributed by atoms with Gasteiger partial charge >= 0.3 is 0 Å². The van der Waals surface area contributed by atoms with E-state index in [1.165, 1.54) is 11.3 Å². The number of para-hydroxylation sites is 1. The number of thiocarbonyl (C=S) groups is 1. The highest BCUT2D eigenvalue weighted by atomic mass is 79.9. The predicted molar refractivity (Wildman–Crippen MR) is 107 cm³/mol. The Bertz CT molecular complexity index is 646. The molecule has 2 aromatic carbocycles. The largest absolute Gasteiger partial charge is 0.375 e. The molecule has 0 aliphatic heterocycles. The fourth-order valence-corrected chi connectivity index (χ4v) is 2.69. The number of benzene rings is 2. The molecule has 3 nitrogen and oxygen atoms in total. The third-order valence-electron chi connectivity index (χ3n) is 3.57. The summed E-state index contributed by atoms with van der Waals surface area (Å²) in [4.78, 5) is 2.25. The van der Waals surface area contributed by atoms with Crippen molar-refractivity contribution in [3.05, 3.63) is 58.6 Å². The molecule has 0 bridgehead atoms. The van der Waals surface area contributed by atoms with Gasteiger partial charge in [-0.2, -0.15) is 0 Å². The summed E-state index contributed by atoms with van der Waals surface area (Å²) in [6, 6.07) is 16.5. The molecule has 0 saturated heterocycles. The second-order valence-corrected chi connectivity index (χ2v) is 6.72. The fourth-order valence-electron chi connectivity index (χ4n) is 2.23. The molecule has 2 rings (SSSR count). The molecule has 0 atom stereocenters. The van der Waals surface area contributed by atoms with Crippen molar-refractivity contribution < 1.29 is 0 Å². The monoisotopic (exact) mass is 391 g/mol. The van der Waals surface area contributed by atoms with Gasteiger partial charge in [-0.1, -0.05) is 34.1 Å². The van der Waals surface area contributed by atoms with Crippen LogP contribution < -0.4 is 15.5 Å². The lowest BCUT2D eigenvalue weighted by Gasteiger charge is -2.19. The highest BCUT2D eigenvalue weighted by Gasteiger charge is 2.02. The third kappa shape index (κ3) is 5.84. The molecule has 5 heteroatoms. The van der Waals surface area contributed by atoms with Crippen molar-refractivity contribution in [2.75, 3.05) is 30.4 Å². The number of rotatable bonds is 6. The average molecular weight is 392 g/mol. The predicted octanol–water partition coefficient (Wildman–Crippen LogP) is 4.57. The minimum Gasteiger partial charge on any atom is -0.375 e. The van der Waals surface area contributed by atoms with E-state index in [4.69, 9.17) is 12.2 Å². The Labute approximate surface area is 152 Å². The number of hydrogen-bond acceptors (Lipinski definition) is 2. The molecule has 2 N–H and O–H groups in total. The SMILES string of the molecule is Cc1cc(NC(=S)NCCCN(C)c2ccccc2)ccc1Br. The van der Waals surface area contributed by atoms with Gasteiger partial charge in [0.2, 0.25) is 0 Å². The van der Waals surface area contributed by atoms with Crippen LogP contribution in [-0.2, 0) is 0 Å². The average Bonchev–Trinajstić information content (AvgIpc) is 2.55. The molecule has 0 radical (unpaired) electrons. The molecule has 122 valence electrons. The summed E-state index contributed by atoms with van der Waals surface area (Å²) in [6.07, 6.45) is 1.02. The molecule has 0 aliphatic carbocycles. The number of nitrogens with zero attached hydrogens (tertiary/aromatic N) is 1. The smallest absolute Gasteiger partial charge is 0.170 e. The molecule has 0 spiro atoms. The number of nitrogens with one attached hydrogen (secondary N) is 2. The van der Waals surface area contributed by atoms with Crippen LogP contribution in [0.25, 0.3) is 0 Å². The Hall–Kier alpha value is -1.59. The fraction of sp³-hybridized carbons (Fsp3) is 0.278. The summed E-state index contributed by atoms with van der Waals surface area (Å²) in [7, 11) is 2.11. The van der Waals surface area contributed by atoms with Crippen molar-refractivity contribution in [1.29, 1.82) is 0 Å². The van der Waals surface area contributed by atoms with E-state index in [0.29, 0.717) is 5.11 Å². The van der Waals surface area contributed by atoms with Gasteiger partial charge in [0.05, 0.1) is 0 Å². The van der Waals surface area contributed by atoms with E-state index < -0.39 is 0 Å². The third-order valence-corrected chi connectivity index (χ3v) is 4.70. The van der Waals surface area contributed by atoms with Crippen molar-refractivity contribution in [3.8, 4) is 0 Å². The zero-order valence-corrected chi connectivity index (χ0v) is 15.9. The first kappa shape index (κ1) is 17.8. The Balaban J connectivity index is 1.69. The van der Waals surface area contributed by atoms with Crippen LogP contribution >= 0.6 is 28.1 Å². The molecule has 0 aromatic heterocycles. The lowest BCUT2D eigenvalue weighted by molar-refractivity contribution is 0.755. The number of anilines is 2. The molecular weight excluding hydrogens is 370 g/mol. The van der Waals surface area contributed by atoms with E-state index in [2.05, 4.69) is 75.8 Å². The van der Waals surface area contributed by atoms with Crippen molar-refractivity contribution in [2.24, 2.45) is 0 Å². The summed E-state index contributed by atoms with van der Waals surface area (Å²) < 4.78 is 1.10. The van der Waals surface area contributed by atoms with Crippen LogP contribution in [-0.4, -0.2) is 25.2 Å². The van der Waals surface area contributed by atoms with Gasteiger partial charge in [-0.25, -0.2) is 0 Å². The zero-order chi connectivity index (χ0) is 16.7. The first-order valence-electron chi connectivity index (χ1n) is 7.63. The normalized spacial score (nSPS) is 10.2. The van der Waals surface area contributed by atoms with E-state index in [1.54, 1.807) is 0 Å². The first-order valence-corrected chi connectivity index (χ1v) is 8.83. The first-order chi connectivity index (χ1) is 11.1. The minimum atomic E-state index is 0.661. The van der Waals surface area contributed by atoms with Gasteiger partial charge in [0.15, 0.2) is 5.11 Å². The van der Waals surface area contributed by atoms with Crippen LogP contribution in [0.5, 0.6) is 0 Å². The second kappa shape index (κ2) is 8.89. The molecule has 0 saturated carbocycles. The van der Waals surface area contributed by atoms with E-state index in [-0.39, 0.29) is 0 Å². The number of hydrogen-bond donors (Lipinski definition) is 2. The number of halogens is 1. The van der Waals surface area contributed by atoms with Gasteiger partial charge in [-0.3, -0.25) is 0 Å². The molecule has 0 unspecified atom stereocenters. The summed E-state index contributed by atoms with van der Waals surface area (Å²) in [5, 5.41) is 7.13. The zero-order valence-electron chi connectivity index (χ0n) is 13.5. The Kier molecular flexibility index (Phi) is 6.86. The maximum atomic E-state index is 5.34. The summed E-state index contributed by atoms with van der Waals surface area (Å²) in [5.74, 6) is 0. The maximum absolute atomic E-state index is 5.34. The van der Waals surface area contributed by atoms with Crippen molar-refractivity contribution in [2.45, 2.75) is 13.3 Å². The Morgan fingerprint density at radius 1 is 1.17 bits per heavy atom. The molecule has 0 aliphatic rings. The Morgan fingerprint density at radius 3 is 2.61 bits per heavy atom. The molecule has 0 amide bonds. The molecule has 2 aromatic rings. The van der Waals surface area contributed by atoms with Crippen LogP contribution in [0.15, 0.2) is 53.0 Å². The minimum absolute atomic E-state index is 0.661. The van der Waals surface area contributed by atoms with E-state index in [9.17, 15) is 0 Å². The van der Waals surface area contributed by atoms with Crippen molar-refractivity contribution in [3.63, 3.8) is 0 Å². The lowest BCUT2D eigenvalue weighted by Crippen LogP contribution is -2.31. The van der Waals surface area contributed by atoms with Gasteiger partial charge in [0.1, 0.15) is 0 Å². The van der Waals surface area contributed by atoms with Gasteiger partial charge in [-0.15, -0.1) is 0 Å². The van der Waals surface area contributed by atoms with E-state index in [1.807, 2.05) is 18.2 Å². The van der Waals surface area contributed by atoms with Gasteiger partial charge in [0, 0.05) is 36.0 Å². The highest BCUT2D eigenvalue weighted by Crippen LogP contribution is 2.19. The molecular formula is C18H22BrN3S. The molecule has 0 fully saturated rings. The Morgan fingerprint density at radius 2 is 1.91 bits per heavy atom. The van der Waals surface area contributed by atoms with Crippen molar-refractivity contribution in [1.82, 2.24) is 5.32 Å². The van der Waals surface area contributed by atoms with Crippen LogP contribution in [0.4, 0.5) is 11.4 Å². The summed E-state index contributed by atoms with van der Waals surface area (Å²) in [6.45, 7) is 3.89. The lowest BCUT2D eigenvalue weighted by atomic mass is 10.2. The number of aryl methyl sites for hydroxylation is 1. The summed E-state index contributed by atoms with van der Waals surface area (Å²) in [5.41, 5.74) is 3.42. The van der Waals surface area contributed by atoms with E-state index in [0.717, 1.165) is 29.7 Å². The quantitative estimate of drug-likeness (QED) is 0.556. The van der Waals surface area contributed by atoms with Crippen LogP contribution in [0.1, 0.15) is 12.0 Å². The standard InChI is InChI=1S/C18H22BrN3S/c1-14-13-15(9-10-17(14)19)21-18(23)20-11-6-12-22(2)16-7-4-3-5-8-16/h3-5,7-10,13H,6,11-12H2,1-2H3,(H2,20,21,23). The maximum Gasteiger partial charge on any atom is 0.170 e. The van der Waals surface area contributed by atoms with Gasteiger partial charge < -0.3 is 15.5 Å². The van der Waals surface area contributed by atoms with Crippen LogP contribution in [0, 0.1) is 6.92 Å². The highest BCUT2D eigenvalue weighted by molar-refractivity contribution is 9.10. The van der Waals surface area contributed by atoms with Crippen molar-refractivity contribution >= 4 is 44.6 Å². The molecule has 23 heavy (non-hydrogen) atoms. The topological polar surface area (TPSA) is 27.3 Å². The molecule has 0 heterocycles. The van der Waals surface area contributed by atoms with Crippen LogP contribution in [0.2, 0.25) is 0 Å². The summed E-state index contributed by atoms with van der Waals surface area (Å²) >= 11 is 8.84. The van der Waals surface area contributed by atoms with Crippen LogP contribution in [0.3, 0.4) is 0 Å². The van der Waals surface area contributed by atoms with E-state index >= 15 is 0 Å².